The summed E-state index contributed by atoms with van der Waals surface area (Å²) in [7, 11) is 1.06. The second kappa shape index (κ2) is 11.5. The summed E-state index contributed by atoms with van der Waals surface area (Å²) in [4.78, 5) is 10.8. The van der Waals surface area contributed by atoms with Gasteiger partial charge in [-0.1, -0.05) is 44.9 Å². The van der Waals surface area contributed by atoms with Gasteiger partial charge in [-0.2, -0.15) is 0 Å². The Labute approximate surface area is 113 Å². The number of ether oxygens (including phenoxy) is 2. The number of unbranched alkanes of at least 4 members (excludes halogenated alkanes) is 2. The SMILES string of the molecule is C=CC(=O)OCCCCC[SiH](CCC)C(C)OC. The summed E-state index contributed by atoms with van der Waals surface area (Å²) >= 11 is 0. The van der Waals surface area contributed by atoms with Gasteiger partial charge in [0.25, 0.3) is 0 Å². The van der Waals surface area contributed by atoms with Crippen molar-refractivity contribution in [2.75, 3.05) is 13.7 Å². The quantitative estimate of drug-likeness (QED) is 0.251. The van der Waals surface area contributed by atoms with Crippen LogP contribution in [0, 0.1) is 0 Å². The van der Waals surface area contributed by atoms with E-state index in [-0.39, 0.29) is 5.97 Å². The zero-order valence-electron chi connectivity index (χ0n) is 12.1. The molecule has 0 aromatic carbocycles. The molecule has 0 rings (SSSR count). The summed E-state index contributed by atoms with van der Waals surface area (Å²) in [6.07, 6.45) is 5.80. The molecule has 18 heavy (non-hydrogen) atoms. The molecule has 2 unspecified atom stereocenters. The zero-order chi connectivity index (χ0) is 13.8. The van der Waals surface area contributed by atoms with Gasteiger partial charge in [0, 0.05) is 18.9 Å². The molecule has 0 aromatic rings. The maximum Gasteiger partial charge on any atom is 0.330 e. The molecule has 2 atom stereocenters. The molecule has 106 valence electrons. The summed E-state index contributed by atoms with van der Waals surface area (Å²) in [5.74, 6) is -0.318. The Kier molecular flexibility index (Phi) is 11.1. The first-order valence-corrected chi connectivity index (χ1v) is 9.27. The van der Waals surface area contributed by atoms with E-state index in [1.165, 1.54) is 31.0 Å². The summed E-state index contributed by atoms with van der Waals surface area (Å²) in [6, 6.07) is 2.69. The van der Waals surface area contributed by atoms with Crippen molar-refractivity contribution in [2.45, 2.75) is 57.3 Å². The number of carbonyl (C=O) groups is 1. The van der Waals surface area contributed by atoms with Crippen molar-refractivity contribution < 1.29 is 14.3 Å². The molecule has 0 aliphatic rings. The van der Waals surface area contributed by atoms with Crippen molar-refractivity contribution in [3.8, 4) is 0 Å². The maximum atomic E-state index is 10.8. The third-order valence-electron chi connectivity index (χ3n) is 3.33. The number of hydrogen-bond donors (Lipinski definition) is 0. The van der Waals surface area contributed by atoms with Crippen LogP contribution in [-0.2, 0) is 14.3 Å². The second-order valence-corrected chi connectivity index (χ2v) is 8.32. The number of carbonyl (C=O) groups excluding carboxylic acids is 1. The largest absolute Gasteiger partial charge is 0.463 e. The third kappa shape index (κ3) is 8.47. The van der Waals surface area contributed by atoms with E-state index in [2.05, 4.69) is 20.4 Å². The minimum absolute atomic E-state index is 0.318. The van der Waals surface area contributed by atoms with Gasteiger partial charge < -0.3 is 9.47 Å². The van der Waals surface area contributed by atoms with Crippen molar-refractivity contribution in [1.29, 1.82) is 0 Å². The standard InChI is InChI=1S/C14H28O3Si/c1-5-11-18(13(3)16-4)12-9-7-8-10-17-14(15)6-2/h6,13,18H,2,5,7-12H2,1,3-4H3. The first-order chi connectivity index (χ1) is 8.65. The molecule has 3 nitrogen and oxygen atoms in total. The molecule has 0 spiro atoms. The van der Waals surface area contributed by atoms with Gasteiger partial charge >= 0.3 is 5.97 Å². The molecule has 4 heteroatoms. The van der Waals surface area contributed by atoms with E-state index in [1.54, 1.807) is 0 Å². The smallest absolute Gasteiger partial charge is 0.330 e. The Bertz CT molecular complexity index is 231. The van der Waals surface area contributed by atoms with Crippen molar-refractivity contribution >= 4 is 14.8 Å². The summed E-state index contributed by atoms with van der Waals surface area (Å²) in [6.45, 7) is 8.34. The topological polar surface area (TPSA) is 35.5 Å². The molecule has 0 aromatic heterocycles. The van der Waals surface area contributed by atoms with Gasteiger partial charge in [-0.25, -0.2) is 4.79 Å². The summed E-state index contributed by atoms with van der Waals surface area (Å²) in [5, 5.41) is 0. The highest BCUT2D eigenvalue weighted by Gasteiger charge is 2.17. The van der Waals surface area contributed by atoms with Crippen LogP contribution in [-0.4, -0.2) is 34.2 Å². The molecule has 0 heterocycles. The molecule has 0 saturated carbocycles. The molecule has 0 aliphatic carbocycles. The van der Waals surface area contributed by atoms with Gasteiger partial charge in [-0.3, -0.25) is 0 Å². The Balaban J connectivity index is 3.60. The highest BCUT2D eigenvalue weighted by Crippen LogP contribution is 2.14. The van der Waals surface area contributed by atoms with Crippen LogP contribution < -0.4 is 0 Å². The van der Waals surface area contributed by atoms with Crippen LogP contribution in [0.4, 0.5) is 0 Å². The van der Waals surface area contributed by atoms with Crippen LogP contribution in [0.15, 0.2) is 12.7 Å². The van der Waals surface area contributed by atoms with E-state index >= 15 is 0 Å². The van der Waals surface area contributed by atoms with Crippen molar-refractivity contribution in [3.63, 3.8) is 0 Å². The Hall–Kier alpha value is -0.613. The van der Waals surface area contributed by atoms with Gasteiger partial charge in [0.05, 0.1) is 15.4 Å². The molecule has 0 amide bonds. The molecule has 0 bridgehead atoms. The fraction of sp³-hybridized carbons (Fsp3) is 0.786. The summed E-state index contributed by atoms with van der Waals surface area (Å²) < 4.78 is 10.4. The molecular formula is C14H28O3Si. The Morgan fingerprint density at radius 1 is 1.33 bits per heavy atom. The van der Waals surface area contributed by atoms with Crippen LogP contribution in [0.5, 0.6) is 0 Å². The van der Waals surface area contributed by atoms with Gasteiger partial charge in [0.1, 0.15) is 0 Å². The van der Waals surface area contributed by atoms with Gasteiger partial charge in [0.2, 0.25) is 0 Å². The number of methoxy groups -OCH3 is 1. The fourth-order valence-electron chi connectivity index (χ4n) is 2.09. The second-order valence-electron chi connectivity index (χ2n) is 4.71. The minimum atomic E-state index is -0.751. The van der Waals surface area contributed by atoms with E-state index in [0.717, 1.165) is 12.8 Å². The molecule has 0 N–H and O–H groups in total. The number of hydrogen-bond acceptors (Lipinski definition) is 3. The van der Waals surface area contributed by atoms with Crippen LogP contribution in [0.3, 0.4) is 0 Å². The fourth-order valence-corrected chi connectivity index (χ4v) is 5.26. The Morgan fingerprint density at radius 3 is 2.61 bits per heavy atom. The first kappa shape index (κ1) is 17.4. The average Bonchev–Trinajstić information content (AvgIpc) is 2.39. The molecule has 0 fully saturated rings. The predicted molar refractivity (Wildman–Crippen MR) is 78.5 cm³/mol. The highest BCUT2D eigenvalue weighted by atomic mass is 28.3. The number of rotatable bonds is 11. The Morgan fingerprint density at radius 2 is 2.06 bits per heavy atom. The van der Waals surface area contributed by atoms with E-state index < -0.39 is 8.80 Å². The van der Waals surface area contributed by atoms with Crippen molar-refractivity contribution in [1.82, 2.24) is 0 Å². The maximum absolute atomic E-state index is 10.8. The highest BCUT2D eigenvalue weighted by molar-refractivity contribution is 6.60. The van der Waals surface area contributed by atoms with E-state index in [1.807, 2.05) is 7.11 Å². The first-order valence-electron chi connectivity index (χ1n) is 6.97. The third-order valence-corrected chi connectivity index (χ3v) is 7.39. The molecule has 0 radical (unpaired) electrons. The lowest BCUT2D eigenvalue weighted by molar-refractivity contribution is -0.137. The van der Waals surface area contributed by atoms with E-state index in [4.69, 9.17) is 9.47 Å². The van der Waals surface area contributed by atoms with Gasteiger partial charge in [-0.15, -0.1) is 0 Å². The van der Waals surface area contributed by atoms with Crippen LogP contribution in [0.1, 0.15) is 39.5 Å². The van der Waals surface area contributed by atoms with Crippen LogP contribution in [0.2, 0.25) is 12.1 Å². The normalized spacial score (nSPS) is 13.9. The van der Waals surface area contributed by atoms with Gasteiger partial charge in [0.15, 0.2) is 0 Å². The van der Waals surface area contributed by atoms with E-state index in [9.17, 15) is 4.79 Å². The molecule has 0 aliphatic heterocycles. The zero-order valence-corrected chi connectivity index (χ0v) is 13.3. The predicted octanol–water partition coefficient (Wildman–Crippen LogP) is 3.10. The lowest BCUT2D eigenvalue weighted by atomic mass is 10.3. The molecule has 0 saturated heterocycles. The van der Waals surface area contributed by atoms with Crippen molar-refractivity contribution in [3.05, 3.63) is 12.7 Å². The van der Waals surface area contributed by atoms with Crippen molar-refractivity contribution in [2.24, 2.45) is 0 Å². The number of esters is 1. The monoisotopic (exact) mass is 272 g/mol. The lowest BCUT2D eigenvalue weighted by Gasteiger charge is -2.20. The summed E-state index contributed by atoms with van der Waals surface area (Å²) in [5.41, 5.74) is 0.476. The minimum Gasteiger partial charge on any atom is -0.463 e. The van der Waals surface area contributed by atoms with Gasteiger partial charge in [-0.05, 0) is 13.3 Å². The lowest BCUT2D eigenvalue weighted by Crippen LogP contribution is -2.29. The van der Waals surface area contributed by atoms with E-state index in [0.29, 0.717) is 12.3 Å². The van der Waals surface area contributed by atoms with Crippen LogP contribution in [0.25, 0.3) is 0 Å². The average molecular weight is 272 g/mol. The molecular weight excluding hydrogens is 244 g/mol. The van der Waals surface area contributed by atoms with Crippen LogP contribution >= 0.6 is 0 Å².